The molecule has 0 radical (unpaired) electrons. The number of hydrogen-bond donors (Lipinski definition) is 0. The summed E-state index contributed by atoms with van der Waals surface area (Å²) < 4.78 is 5.73. The van der Waals surface area contributed by atoms with Crippen molar-refractivity contribution in [3.63, 3.8) is 0 Å². The molecule has 1 aromatic heterocycles. The van der Waals surface area contributed by atoms with Gasteiger partial charge in [-0.25, -0.2) is 0 Å². The molecule has 2 aromatic rings. The van der Waals surface area contributed by atoms with Gasteiger partial charge in [-0.3, -0.25) is 4.98 Å². The fraction of sp³-hybridized carbons (Fsp3) is 0.154. The molecule has 2 heteroatoms. The summed E-state index contributed by atoms with van der Waals surface area (Å²) in [7, 11) is 0. The van der Waals surface area contributed by atoms with Crippen molar-refractivity contribution in [3.05, 3.63) is 53.9 Å². The lowest BCUT2D eigenvalue weighted by Crippen LogP contribution is -1.89. The minimum absolute atomic E-state index is 0.770. The first-order chi connectivity index (χ1) is 7.27. The predicted octanol–water partition coefficient (Wildman–Crippen LogP) is 3.49. The molecule has 0 bridgehead atoms. The van der Waals surface area contributed by atoms with Crippen LogP contribution in [0.1, 0.15) is 11.1 Å². The second-order valence-electron chi connectivity index (χ2n) is 3.49. The molecule has 2 rings (SSSR count). The maximum Gasteiger partial charge on any atom is 0.145 e. The molecule has 0 aliphatic rings. The van der Waals surface area contributed by atoms with Gasteiger partial charge in [-0.2, -0.15) is 0 Å². The van der Waals surface area contributed by atoms with Gasteiger partial charge in [0.1, 0.15) is 11.5 Å². The van der Waals surface area contributed by atoms with Crippen molar-refractivity contribution in [1.29, 1.82) is 0 Å². The van der Waals surface area contributed by atoms with Crippen LogP contribution in [0.25, 0.3) is 0 Å². The zero-order valence-corrected chi connectivity index (χ0v) is 8.90. The van der Waals surface area contributed by atoms with Crippen molar-refractivity contribution < 1.29 is 4.74 Å². The highest BCUT2D eigenvalue weighted by Crippen LogP contribution is 2.25. The number of ether oxygens (including phenoxy) is 1. The third-order valence-electron chi connectivity index (χ3n) is 2.42. The SMILES string of the molecule is Cc1cccc(Oc2cccnc2)c1C. The summed E-state index contributed by atoms with van der Waals surface area (Å²) in [4.78, 5) is 4.01. The van der Waals surface area contributed by atoms with E-state index in [0.717, 1.165) is 11.5 Å². The largest absolute Gasteiger partial charge is 0.455 e. The van der Waals surface area contributed by atoms with E-state index in [1.165, 1.54) is 11.1 Å². The van der Waals surface area contributed by atoms with E-state index in [4.69, 9.17) is 4.74 Å². The van der Waals surface area contributed by atoms with Gasteiger partial charge in [-0.1, -0.05) is 12.1 Å². The molecule has 0 fully saturated rings. The second-order valence-corrected chi connectivity index (χ2v) is 3.49. The summed E-state index contributed by atoms with van der Waals surface area (Å²) in [6, 6.07) is 9.80. The molecule has 0 N–H and O–H groups in total. The Kier molecular flexibility index (Phi) is 2.68. The maximum absolute atomic E-state index is 5.73. The van der Waals surface area contributed by atoms with E-state index >= 15 is 0 Å². The van der Waals surface area contributed by atoms with Gasteiger partial charge in [0.2, 0.25) is 0 Å². The van der Waals surface area contributed by atoms with Crippen LogP contribution in [0, 0.1) is 13.8 Å². The van der Waals surface area contributed by atoms with E-state index in [2.05, 4.69) is 24.9 Å². The zero-order chi connectivity index (χ0) is 10.7. The summed E-state index contributed by atoms with van der Waals surface area (Å²) in [5, 5.41) is 0. The zero-order valence-electron chi connectivity index (χ0n) is 8.90. The lowest BCUT2D eigenvalue weighted by Gasteiger charge is -2.09. The van der Waals surface area contributed by atoms with Gasteiger partial charge in [0.05, 0.1) is 6.20 Å². The number of aryl methyl sites for hydroxylation is 1. The third-order valence-corrected chi connectivity index (χ3v) is 2.42. The number of aromatic nitrogens is 1. The molecule has 0 amide bonds. The Labute approximate surface area is 89.6 Å². The second kappa shape index (κ2) is 4.13. The van der Waals surface area contributed by atoms with Crippen LogP contribution in [0.4, 0.5) is 0 Å². The van der Waals surface area contributed by atoms with Crippen LogP contribution in [0.15, 0.2) is 42.7 Å². The van der Waals surface area contributed by atoms with Gasteiger partial charge in [0.15, 0.2) is 0 Å². The van der Waals surface area contributed by atoms with Crippen molar-refractivity contribution in [2.45, 2.75) is 13.8 Å². The van der Waals surface area contributed by atoms with Crippen LogP contribution in [0.5, 0.6) is 11.5 Å². The maximum atomic E-state index is 5.73. The van der Waals surface area contributed by atoms with Crippen molar-refractivity contribution >= 4 is 0 Å². The molecule has 76 valence electrons. The molecule has 15 heavy (non-hydrogen) atoms. The highest BCUT2D eigenvalue weighted by molar-refractivity contribution is 5.40. The number of rotatable bonds is 2. The molecule has 0 aliphatic carbocycles. The van der Waals surface area contributed by atoms with Crippen molar-refractivity contribution in [2.24, 2.45) is 0 Å². The highest BCUT2D eigenvalue weighted by Gasteiger charge is 2.02. The minimum Gasteiger partial charge on any atom is -0.455 e. The summed E-state index contributed by atoms with van der Waals surface area (Å²) in [6.45, 7) is 4.13. The Morgan fingerprint density at radius 2 is 1.93 bits per heavy atom. The van der Waals surface area contributed by atoms with Crippen LogP contribution < -0.4 is 4.74 Å². The molecular weight excluding hydrogens is 186 g/mol. The van der Waals surface area contributed by atoms with Crippen LogP contribution in [-0.2, 0) is 0 Å². The Morgan fingerprint density at radius 3 is 2.67 bits per heavy atom. The van der Waals surface area contributed by atoms with Gasteiger partial charge >= 0.3 is 0 Å². The van der Waals surface area contributed by atoms with Gasteiger partial charge < -0.3 is 4.74 Å². The number of benzene rings is 1. The molecular formula is C13H13NO. The first kappa shape index (κ1) is 9.71. The molecule has 2 nitrogen and oxygen atoms in total. The molecule has 0 saturated carbocycles. The van der Waals surface area contributed by atoms with Crippen LogP contribution in [0.3, 0.4) is 0 Å². The predicted molar refractivity (Wildman–Crippen MR) is 60.2 cm³/mol. The smallest absolute Gasteiger partial charge is 0.145 e. The molecule has 0 atom stereocenters. The molecule has 0 aliphatic heterocycles. The minimum atomic E-state index is 0.770. The summed E-state index contributed by atoms with van der Waals surface area (Å²) in [6.07, 6.45) is 3.44. The Balaban J connectivity index is 2.29. The van der Waals surface area contributed by atoms with E-state index in [0.29, 0.717) is 0 Å². The van der Waals surface area contributed by atoms with Gasteiger partial charge in [-0.15, -0.1) is 0 Å². The number of pyridine rings is 1. The number of nitrogens with zero attached hydrogens (tertiary/aromatic N) is 1. The van der Waals surface area contributed by atoms with Gasteiger partial charge in [0.25, 0.3) is 0 Å². The first-order valence-corrected chi connectivity index (χ1v) is 4.91. The third kappa shape index (κ3) is 2.15. The van der Waals surface area contributed by atoms with Crippen molar-refractivity contribution in [3.8, 4) is 11.5 Å². The average Bonchev–Trinajstić information content (AvgIpc) is 2.26. The van der Waals surface area contributed by atoms with E-state index in [9.17, 15) is 0 Å². The quantitative estimate of drug-likeness (QED) is 0.738. The standard InChI is InChI=1S/C13H13NO/c1-10-5-3-7-13(11(10)2)15-12-6-4-8-14-9-12/h3-9H,1-2H3. The lowest BCUT2D eigenvalue weighted by atomic mass is 10.1. The molecule has 0 unspecified atom stereocenters. The Bertz CT molecular complexity index is 451. The monoisotopic (exact) mass is 199 g/mol. The molecule has 0 spiro atoms. The molecule has 0 saturated heterocycles. The normalized spacial score (nSPS) is 10.0. The Morgan fingerprint density at radius 1 is 1.07 bits per heavy atom. The molecule has 1 heterocycles. The fourth-order valence-electron chi connectivity index (χ4n) is 1.37. The van der Waals surface area contributed by atoms with E-state index in [-0.39, 0.29) is 0 Å². The average molecular weight is 199 g/mol. The van der Waals surface area contributed by atoms with E-state index in [1.807, 2.05) is 24.3 Å². The first-order valence-electron chi connectivity index (χ1n) is 4.91. The van der Waals surface area contributed by atoms with Gasteiger partial charge in [0, 0.05) is 6.20 Å². The highest BCUT2D eigenvalue weighted by atomic mass is 16.5. The van der Waals surface area contributed by atoms with Crippen LogP contribution in [-0.4, -0.2) is 4.98 Å². The van der Waals surface area contributed by atoms with E-state index < -0.39 is 0 Å². The van der Waals surface area contributed by atoms with Crippen molar-refractivity contribution in [1.82, 2.24) is 4.98 Å². The fourth-order valence-corrected chi connectivity index (χ4v) is 1.37. The lowest BCUT2D eigenvalue weighted by molar-refractivity contribution is 0.476. The summed E-state index contributed by atoms with van der Waals surface area (Å²) >= 11 is 0. The number of hydrogen-bond acceptors (Lipinski definition) is 2. The van der Waals surface area contributed by atoms with Crippen LogP contribution >= 0.6 is 0 Å². The topological polar surface area (TPSA) is 22.1 Å². The van der Waals surface area contributed by atoms with E-state index in [1.54, 1.807) is 12.4 Å². The van der Waals surface area contributed by atoms with Crippen LogP contribution in [0.2, 0.25) is 0 Å². The molecule has 1 aromatic carbocycles. The van der Waals surface area contributed by atoms with Gasteiger partial charge in [-0.05, 0) is 43.2 Å². The van der Waals surface area contributed by atoms with Crippen molar-refractivity contribution in [2.75, 3.05) is 0 Å². The summed E-state index contributed by atoms with van der Waals surface area (Å²) in [5.74, 6) is 1.66. The summed E-state index contributed by atoms with van der Waals surface area (Å²) in [5.41, 5.74) is 2.40. The Hall–Kier alpha value is -1.83.